The summed E-state index contributed by atoms with van der Waals surface area (Å²) in [5.74, 6) is -1.86. The maximum Gasteiger partial charge on any atom is 0.337 e. The predicted octanol–water partition coefficient (Wildman–Crippen LogP) is 1.19. The zero-order valence-electron chi connectivity index (χ0n) is 9.24. The fourth-order valence-corrected chi connectivity index (χ4v) is 1.27. The number of carbonyl (C=O) groups is 1. The van der Waals surface area contributed by atoms with Crippen molar-refractivity contribution < 1.29 is 23.7 Å². The van der Waals surface area contributed by atoms with Gasteiger partial charge in [-0.15, -0.1) is 0 Å². The topological polar surface area (TPSA) is 54.0 Å². The normalized spacial score (nSPS) is 30.2. The molecule has 15 heavy (non-hydrogen) atoms. The SMILES string of the molecule is C=C(C)C(=O)OC1(OC)CCC(OC)O1. The van der Waals surface area contributed by atoms with Crippen molar-refractivity contribution >= 4 is 5.97 Å². The second kappa shape index (κ2) is 4.74. The lowest BCUT2D eigenvalue weighted by molar-refractivity contribution is -0.362. The monoisotopic (exact) mass is 216 g/mol. The van der Waals surface area contributed by atoms with Crippen molar-refractivity contribution in [1.29, 1.82) is 0 Å². The summed E-state index contributed by atoms with van der Waals surface area (Å²) in [4.78, 5) is 11.3. The van der Waals surface area contributed by atoms with E-state index in [1.165, 1.54) is 14.2 Å². The van der Waals surface area contributed by atoms with Crippen LogP contribution in [-0.2, 0) is 23.7 Å². The van der Waals surface area contributed by atoms with E-state index in [4.69, 9.17) is 18.9 Å². The molecule has 0 saturated carbocycles. The van der Waals surface area contributed by atoms with E-state index in [-0.39, 0.29) is 0 Å². The summed E-state index contributed by atoms with van der Waals surface area (Å²) in [7, 11) is 2.95. The van der Waals surface area contributed by atoms with Crippen molar-refractivity contribution in [1.82, 2.24) is 0 Å². The van der Waals surface area contributed by atoms with Gasteiger partial charge in [-0.3, -0.25) is 4.74 Å². The molecule has 1 saturated heterocycles. The lowest BCUT2D eigenvalue weighted by Gasteiger charge is -2.26. The predicted molar refractivity (Wildman–Crippen MR) is 51.8 cm³/mol. The minimum absolute atomic E-state index is 0.302. The van der Waals surface area contributed by atoms with E-state index in [9.17, 15) is 4.79 Å². The van der Waals surface area contributed by atoms with Crippen molar-refractivity contribution in [3.8, 4) is 0 Å². The third-order valence-corrected chi connectivity index (χ3v) is 2.17. The van der Waals surface area contributed by atoms with Gasteiger partial charge in [0.1, 0.15) is 0 Å². The van der Waals surface area contributed by atoms with Gasteiger partial charge in [0, 0.05) is 32.6 Å². The summed E-state index contributed by atoms with van der Waals surface area (Å²) in [6, 6.07) is 0. The number of ether oxygens (including phenoxy) is 4. The van der Waals surface area contributed by atoms with Gasteiger partial charge in [0.15, 0.2) is 6.29 Å². The number of rotatable bonds is 4. The van der Waals surface area contributed by atoms with Crippen LogP contribution in [0.25, 0.3) is 0 Å². The van der Waals surface area contributed by atoms with Crippen molar-refractivity contribution in [3.05, 3.63) is 12.2 Å². The Morgan fingerprint density at radius 2 is 2.20 bits per heavy atom. The Labute approximate surface area is 88.9 Å². The summed E-state index contributed by atoms with van der Waals surface area (Å²) < 4.78 is 20.5. The highest BCUT2D eigenvalue weighted by atomic mass is 16.9. The van der Waals surface area contributed by atoms with Gasteiger partial charge in [-0.2, -0.15) is 0 Å². The van der Waals surface area contributed by atoms with E-state index in [0.717, 1.165) is 0 Å². The molecule has 5 nitrogen and oxygen atoms in total. The maximum atomic E-state index is 11.3. The fraction of sp³-hybridized carbons (Fsp3) is 0.700. The highest BCUT2D eigenvalue weighted by Crippen LogP contribution is 2.33. The number of hydrogen-bond donors (Lipinski definition) is 0. The van der Waals surface area contributed by atoms with E-state index in [1.807, 2.05) is 0 Å². The van der Waals surface area contributed by atoms with Crippen LogP contribution in [0, 0.1) is 0 Å². The Kier molecular flexibility index (Phi) is 3.84. The van der Waals surface area contributed by atoms with Crippen LogP contribution in [0.4, 0.5) is 0 Å². The molecule has 2 unspecified atom stereocenters. The first-order valence-electron chi connectivity index (χ1n) is 4.67. The molecule has 0 aromatic rings. The van der Waals surface area contributed by atoms with Crippen molar-refractivity contribution in [3.63, 3.8) is 0 Å². The molecule has 1 aliphatic heterocycles. The average Bonchev–Trinajstić information content (AvgIpc) is 2.62. The first kappa shape index (κ1) is 12.2. The third kappa shape index (κ3) is 2.77. The number of methoxy groups -OCH3 is 2. The summed E-state index contributed by atoms with van der Waals surface area (Å²) in [6.45, 7) is 5.05. The number of carbonyl (C=O) groups excluding carboxylic acids is 1. The van der Waals surface area contributed by atoms with Gasteiger partial charge < -0.3 is 14.2 Å². The molecule has 1 fully saturated rings. The standard InChI is InChI=1S/C10H16O5/c1-7(2)9(11)15-10(13-4)6-5-8(12-3)14-10/h8H,1,5-6H2,2-4H3. The zero-order chi connectivity index (χ0) is 11.5. The van der Waals surface area contributed by atoms with Gasteiger partial charge in [0.2, 0.25) is 0 Å². The van der Waals surface area contributed by atoms with Crippen LogP contribution >= 0.6 is 0 Å². The molecule has 0 aromatic heterocycles. The molecule has 0 spiro atoms. The summed E-state index contributed by atoms with van der Waals surface area (Å²) in [6.07, 6.45) is 0.664. The van der Waals surface area contributed by atoms with E-state index < -0.39 is 18.2 Å². The Bertz CT molecular complexity index is 263. The van der Waals surface area contributed by atoms with Crippen LogP contribution in [0.15, 0.2) is 12.2 Å². The van der Waals surface area contributed by atoms with Gasteiger partial charge in [0.25, 0.3) is 0 Å². The fourth-order valence-electron chi connectivity index (χ4n) is 1.27. The minimum atomic E-state index is -1.32. The third-order valence-electron chi connectivity index (χ3n) is 2.17. The van der Waals surface area contributed by atoms with E-state index in [0.29, 0.717) is 18.4 Å². The lowest BCUT2D eigenvalue weighted by atomic mass is 10.3. The van der Waals surface area contributed by atoms with Crippen molar-refractivity contribution in [2.24, 2.45) is 0 Å². The molecule has 86 valence electrons. The number of esters is 1. The molecule has 0 aromatic carbocycles. The maximum absolute atomic E-state index is 11.3. The van der Waals surface area contributed by atoms with Gasteiger partial charge in [-0.25, -0.2) is 4.79 Å². The van der Waals surface area contributed by atoms with Crippen molar-refractivity contribution in [2.45, 2.75) is 32.0 Å². The molecule has 0 bridgehead atoms. The largest absolute Gasteiger partial charge is 0.404 e. The molecule has 0 aliphatic carbocycles. The second-order valence-corrected chi connectivity index (χ2v) is 3.38. The van der Waals surface area contributed by atoms with Crippen LogP contribution in [-0.4, -0.2) is 32.5 Å². The molecule has 1 rings (SSSR count). The van der Waals surface area contributed by atoms with E-state index in [1.54, 1.807) is 6.92 Å². The first-order chi connectivity index (χ1) is 7.03. The first-order valence-corrected chi connectivity index (χ1v) is 4.67. The minimum Gasteiger partial charge on any atom is -0.404 e. The molecule has 0 radical (unpaired) electrons. The molecular formula is C10H16O5. The van der Waals surface area contributed by atoms with Crippen LogP contribution in [0.3, 0.4) is 0 Å². The van der Waals surface area contributed by atoms with Gasteiger partial charge in [0.05, 0.1) is 0 Å². The summed E-state index contributed by atoms with van der Waals surface area (Å²) in [5, 5.41) is 0. The lowest BCUT2D eigenvalue weighted by Crippen LogP contribution is -2.37. The zero-order valence-corrected chi connectivity index (χ0v) is 9.24. The van der Waals surface area contributed by atoms with Crippen LogP contribution in [0.2, 0.25) is 0 Å². The van der Waals surface area contributed by atoms with Gasteiger partial charge in [-0.05, 0) is 6.92 Å². The van der Waals surface area contributed by atoms with Crippen LogP contribution in [0.1, 0.15) is 19.8 Å². The van der Waals surface area contributed by atoms with Crippen LogP contribution in [0.5, 0.6) is 0 Å². The van der Waals surface area contributed by atoms with E-state index >= 15 is 0 Å². The molecule has 5 heteroatoms. The molecule has 0 amide bonds. The van der Waals surface area contributed by atoms with E-state index in [2.05, 4.69) is 6.58 Å². The molecule has 2 atom stereocenters. The quantitative estimate of drug-likeness (QED) is 0.401. The molecule has 1 aliphatic rings. The Balaban J connectivity index is 2.63. The second-order valence-electron chi connectivity index (χ2n) is 3.38. The highest BCUT2D eigenvalue weighted by Gasteiger charge is 2.44. The molecule has 1 heterocycles. The Morgan fingerprint density at radius 3 is 2.60 bits per heavy atom. The Morgan fingerprint density at radius 1 is 1.53 bits per heavy atom. The average molecular weight is 216 g/mol. The van der Waals surface area contributed by atoms with Gasteiger partial charge >= 0.3 is 11.9 Å². The highest BCUT2D eigenvalue weighted by molar-refractivity contribution is 5.87. The van der Waals surface area contributed by atoms with Gasteiger partial charge in [-0.1, -0.05) is 6.58 Å². The molecule has 0 N–H and O–H groups in total. The Hall–Kier alpha value is -0.910. The number of hydrogen-bond acceptors (Lipinski definition) is 5. The molecular weight excluding hydrogens is 200 g/mol. The van der Waals surface area contributed by atoms with Crippen LogP contribution < -0.4 is 0 Å². The smallest absolute Gasteiger partial charge is 0.337 e. The summed E-state index contributed by atoms with van der Waals surface area (Å²) in [5.41, 5.74) is 0.302. The summed E-state index contributed by atoms with van der Waals surface area (Å²) >= 11 is 0. The van der Waals surface area contributed by atoms with Crippen molar-refractivity contribution in [2.75, 3.05) is 14.2 Å².